The molecule has 98 valence electrons. The van der Waals surface area contributed by atoms with E-state index in [-0.39, 0.29) is 12.5 Å². The highest BCUT2D eigenvalue weighted by molar-refractivity contribution is 5.84. The zero-order chi connectivity index (χ0) is 12.5. The van der Waals surface area contributed by atoms with Gasteiger partial charge < -0.3 is 14.8 Å². The van der Waals surface area contributed by atoms with E-state index in [0.29, 0.717) is 6.54 Å². The molecule has 1 saturated heterocycles. The Morgan fingerprint density at radius 1 is 1.29 bits per heavy atom. The summed E-state index contributed by atoms with van der Waals surface area (Å²) in [5.41, 5.74) is 0. The molecule has 1 fully saturated rings. The molecule has 0 aromatic rings. The van der Waals surface area contributed by atoms with Crippen molar-refractivity contribution < 1.29 is 19.1 Å². The second-order valence-corrected chi connectivity index (χ2v) is 4.23. The van der Waals surface area contributed by atoms with Crippen molar-refractivity contribution >= 4 is 12.1 Å². The number of unbranched alkanes of at least 4 members (excludes halogenated alkanes) is 5. The summed E-state index contributed by atoms with van der Waals surface area (Å²) in [7, 11) is 0. The number of nitrogens with one attached hydrogen (secondary N) is 1. The molecule has 5 heteroatoms. The van der Waals surface area contributed by atoms with Gasteiger partial charge in [-0.2, -0.15) is 0 Å². The number of hydrogen-bond acceptors (Lipinski definition) is 4. The molecule has 1 N–H and O–H groups in total. The van der Waals surface area contributed by atoms with Gasteiger partial charge in [0.15, 0.2) is 0 Å². The van der Waals surface area contributed by atoms with Crippen molar-refractivity contribution in [3.8, 4) is 0 Å². The maximum Gasteiger partial charge on any atom is 0.509 e. The second-order valence-electron chi connectivity index (χ2n) is 4.23. The molecule has 1 atom stereocenters. The van der Waals surface area contributed by atoms with Gasteiger partial charge in [0.1, 0.15) is 6.61 Å². The first-order valence-electron chi connectivity index (χ1n) is 6.35. The summed E-state index contributed by atoms with van der Waals surface area (Å²) < 4.78 is 9.20. The van der Waals surface area contributed by atoms with Crippen LogP contribution >= 0.6 is 0 Å². The Kier molecular flexibility index (Phi) is 6.43. The molecule has 1 amide bonds. The van der Waals surface area contributed by atoms with Crippen molar-refractivity contribution in [2.45, 2.75) is 51.6 Å². The zero-order valence-electron chi connectivity index (χ0n) is 10.4. The minimum atomic E-state index is -0.761. The largest absolute Gasteiger partial charge is 0.509 e. The van der Waals surface area contributed by atoms with E-state index >= 15 is 0 Å². The van der Waals surface area contributed by atoms with Crippen LogP contribution in [-0.4, -0.2) is 31.3 Å². The normalized spacial score (nSPS) is 18.6. The minimum absolute atomic E-state index is 0.0289. The summed E-state index contributed by atoms with van der Waals surface area (Å²) in [5, 5.41) is 2.74. The quantitative estimate of drug-likeness (QED) is 0.523. The fraction of sp³-hybridized carbons (Fsp3) is 0.833. The van der Waals surface area contributed by atoms with Crippen LogP contribution in [0.4, 0.5) is 4.79 Å². The Bertz CT molecular complexity index is 255. The molecule has 5 nitrogen and oxygen atoms in total. The lowest BCUT2D eigenvalue weighted by molar-refractivity contribution is -0.127. The predicted molar refractivity (Wildman–Crippen MR) is 62.6 cm³/mol. The lowest BCUT2D eigenvalue weighted by Crippen LogP contribution is -2.36. The van der Waals surface area contributed by atoms with Crippen LogP contribution in [0.25, 0.3) is 0 Å². The minimum Gasteiger partial charge on any atom is -0.430 e. The van der Waals surface area contributed by atoms with Crippen LogP contribution in [0.3, 0.4) is 0 Å². The highest BCUT2D eigenvalue weighted by Gasteiger charge is 2.31. The third-order valence-electron chi connectivity index (χ3n) is 2.71. The number of amides is 1. The summed E-state index contributed by atoms with van der Waals surface area (Å²) in [6, 6.07) is 0. The van der Waals surface area contributed by atoms with Crippen LogP contribution in [0.15, 0.2) is 0 Å². The molecule has 17 heavy (non-hydrogen) atoms. The van der Waals surface area contributed by atoms with Gasteiger partial charge in [-0.1, -0.05) is 39.0 Å². The Morgan fingerprint density at radius 2 is 2.00 bits per heavy atom. The molecule has 1 aliphatic heterocycles. The number of rotatable bonds is 8. The fourth-order valence-corrected chi connectivity index (χ4v) is 1.69. The lowest BCUT2D eigenvalue weighted by atomic mass is 10.1. The highest BCUT2D eigenvalue weighted by Crippen LogP contribution is 2.06. The molecule has 0 bridgehead atoms. The number of carbonyl (C=O) groups is 2. The number of ether oxygens (including phenoxy) is 2. The van der Waals surface area contributed by atoms with Crippen molar-refractivity contribution in [2.75, 3.05) is 13.2 Å². The van der Waals surface area contributed by atoms with Crippen LogP contribution in [0, 0.1) is 0 Å². The molecule has 0 radical (unpaired) electrons. The molecule has 0 spiro atoms. The van der Waals surface area contributed by atoms with Crippen molar-refractivity contribution in [3.05, 3.63) is 0 Å². The molecule has 1 rings (SSSR count). The molecule has 1 heterocycles. The van der Waals surface area contributed by atoms with Crippen molar-refractivity contribution in [1.82, 2.24) is 5.32 Å². The van der Waals surface area contributed by atoms with Gasteiger partial charge in [-0.3, -0.25) is 4.79 Å². The predicted octanol–water partition coefficient (Wildman–Crippen LogP) is 2.00. The third kappa shape index (κ3) is 5.56. The van der Waals surface area contributed by atoms with E-state index in [2.05, 4.69) is 21.7 Å². The van der Waals surface area contributed by atoms with Crippen molar-refractivity contribution in [2.24, 2.45) is 0 Å². The van der Waals surface area contributed by atoms with E-state index in [9.17, 15) is 9.59 Å². The van der Waals surface area contributed by atoms with Gasteiger partial charge in [0.25, 0.3) is 5.91 Å². The average molecular weight is 243 g/mol. The third-order valence-corrected chi connectivity index (χ3v) is 2.71. The van der Waals surface area contributed by atoms with Crippen LogP contribution in [0.5, 0.6) is 0 Å². The Morgan fingerprint density at radius 3 is 2.65 bits per heavy atom. The van der Waals surface area contributed by atoms with Crippen LogP contribution in [0.1, 0.15) is 45.4 Å². The maximum absolute atomic E-state index is 11.5. The van der Waals surface area contributed by atoms with Gasteiger partial charge in [0.05, 0.1) is 0 Å². The van der Waals surface area contributed by atoms with Gasteiger partial charge in [-0.05, 0) is 6.42 Å². The molecule has 0 saturated carbocycles. The Labute approximate surface area is 102 Å². The smallest absolute Gasteiger partial charge is 0.430 e. The van der Waals surface area contributed by atoms with E-state index in [1.165, 1.54) is 25.7 Å². The first kappa shape index (κ1) is 13.8. The first-order chi connectivity index (χ1) is 8.24. The second kappa shape index (κ2) is 7.92. The lowest BCUT2D eigenvalue weighted by Gasteiger charge is -2.07. The van der Waals surface area contributed by atoms with Gasteiger partial charge in [0.2, 0.25) is 6.10 Å². The van der Waals surface area contributed by atoms with Gasteiger partial charge in [-0.25, -0.2) is 4.79 Å². The SMILES string of the molecule is CCCCCCCCNC(=O)C1COC(=O)O1. The average Bonchev–Trinajstić information content (AvgIpc) is 2.74. The highest BCUT2D eigenvalue weighted by atomic mass is 16.8. The molecule has 1 aliphatic rings. The van der Waals surface area contributed by atoms with Gasteiger partial charge in [0, 0.05) is 6.54 Å². The van der Waals surface area contributed by atoms with Crippen LogP contribution in [-0.2, 0) is 14.3 Å². The summed E-state index contributed by atoms with van der Waals surface area (Å²) >= 11 is 0. The molecular formula is C12H21NO4. The summed E-state index contributed by atoms with van der Waals surface area (Å²) in [6.45, 7) is 2.85. The summed E-state index contributed by atoms with van der Waals surface area (Å²) in [6.07, 6.45) is 5.57. The molecule has 0 aliphatic carbocycles. The van der Waals surface area contributed by atoms with E-state index in [0.717, 1.165) is 12.8 Å². The van der Waals surface area contributed by atoms with Crippen LogP contribution < -0.4 is 5.32 Å². The molecule has 0 aromatic carbocycles. The summed E-state index contributed by atoms with van der Waals surface area (Å²) in [4.78, 5) is 22.1. The van der Waals surface area contributed by atoms with Crippen molar-refractivity contribution in [1.29, 1.82) is 0 Å². The molecular weight excluding hydrogens is 222 g/mol. The number of carbonyl (C=O) groups excluding carboxylic acids is 2. The maximum atomic E-state index is 11.5. The zero-order valence-corrected chi connectivity index (χ0v) is 10.4. The van der Waals surface area contributed by atoms with Gasteiger partial charge in [-0.15, -0.1) is 0 Å². The molecule has 0 aromatic heterocycles. The van der Waals surface area contributed by atoms with E-state index in [1.807, 2.05) is 0 Å². The summed E-state index contributed by atoms with van der Waals surface area (Å²) in [5.74, 6) is -0.260. The first-order valence-corrected chi connectivity index (χ1v) is 6.35. The Balaban J connectivity index is 1.95. The van der Waals surface area contributed by atoms with Gasteiger partial charge >= 0.3 is 6.16 Å². The number of cyclic esters (lactones) is 2. The van der Waals surface area contributed by atoms with E-state index in [1.54, 1.807) is 0 Å². The van der Waals surface area contributed by atoms with Crippen LogP contribution in [0.2, 0.25) is 0 Å². The number of hydrogen-bond donors (Lipinski definition) is 1. The van der Waals surface area contributed by atoms with Crippen molar-refractivity contribution in [3.63, 3.8) is 0 Å². The topological polar surface area (TPSA) is 64.6 Å². The van der Waals surface area contributed by atoms with E-state index < -0.39 is 12.3 Å². The molecule has 1 unspecified atom stereocenters. The Hall–Kier alpha value is -1.26. The fourth-order valence-electron chi connectivity index (χ4n) is 1.69. The monoisotopic (exact) mass is 243 g/mol. The standard InChI is InChI=1S/C12H21NO4/c1-2-3-4-5-6-7-8-13-11(14)10-9-16-12(15)17-10/h10H,2-9H2,1H3,(H,13,14). The van der Waals surface area contributed by atoms with E-state index in [4.69, 9.17) is 0 Å².